The maximum Gasteiger partial charge on any atom is 0.123 e. The molecule has 0 saturated carbocycles. The number of pyridine rings is 1. The first kappa shape index (κ1) is 14.5. The molecule has 1 N–H and O–H groups in total. The number of nitrogens with zero attached hydrogens (tertiary/aromatic N) is 1. The quantitative estimate of drug-likeness (QED) is 0.864. The molecule has 1 unspecified atom stereocenters. The average Bonchev–Trinajstić information content (AvgIpc) is 2.53. The molecule has 0 aliphatic heterocycles. The van der Waals surface area contributed by atoms with Gasteiger partial charge in [-0.3, -0.25) is 4.98 Å². The van der Waals surface area contributed by atoms with Crippen LogP contribution in [0.3, 0.4) is 0 Å². The van der Waals surface area contributed by atoms with Crippen LogP contribution in [0.1, 0.15) is 43.5 Å². The second kappa shape index (κ2) is 7.06. The molecular formula is C17H22N2O. The Labute approximate surface area is 121 Å². The van der Waals surface area contributed by atoms with Crippen molar-refractivity contribution in [2.45, 2.75) is 32.4 Å². The van der Waals surface area contributed by atoms with Crippen molar-refractivity contribution in [2.75, 3.05) is 7.11 Å². The van der Waals surface area contributed by atoms with Crippen molar-refractivity contribution in [3.63, 3.8) is 0 Å². The first-order chi connectivity index (χ1) is 9.76. The van der Waals surface area contributed by atoms with Gasteiger partial charge in [0.15, 0.2) is 0 Å². The number of nitrogens with one attached hydrogen (secondary N) is 1. The fourth-order valence-corrected chi connectivity index (χ4v) is 2.43. The van der Waals surface area contributed by atoms with Gasteiger partial charge in [-0.05, 0) is 37.1 Å². The number of aromatic nitrogens is 1. The molecule has 0 radical (unpaired) electrons. The Balaban J connectivity index is 2.17. The highest BCUT2D eigenvalue weighted by molar-refractivity contribution is 5.36. The van der Waals surface area contributed by atoms with Crippen LogP contribution in [0.2, 0.25) is 0 Å². The summed E-state index contributed by atoms with van der Waals surface area (Å²) < 4.78 is 5.47. The van der Waals surface area contributed by atoms with Crippen molar-refractivity contribution in [1.82, 2.24) is 10.3 Å². The van der Waals surface area contributed by atoms with Crippen LogP contribution in [-0.2, 0) is 0 Å². The zero-order chi connectivity index (χ0) is 14.4. The summed E-state index contributed by atoms with van der Waals surface area (Å²) in [5, 5.41) is 3.67. The highest BCUT2D eigenvalue weighted by Crippen LogP contribution is 2.29. The summed E-state index contributed by atoms with van der Waals surface area (Å²) >= 11 is 0. The van der Waals surface area contributed by atoms with Gasteiger partial charge in [0.25, 0.3) is 0 Å². The maximum absolute atomic E-state index is 5.47. The Morgan fingerprint density at radius 3 is 2.50 bits per heavy atom. The molecule has 0 saturated heterocycles. The van der Waals surface area contributed by atoms with Gasteiger partial charge in [0, 0.05) is 30.0 Å². The number of ether oxygens (including phenoxy) is 1. The van der Waals surface area contributed by atoms with E-state index in [9.17, 15) is 0 Å². The Morgan fingerprint density at radius 2 is 1.85 bits per heavy atom. The SMILES string of the molecule is CCC(N[C@@H](C)c1ccncc1)c1ccccc1OC. The minimum Gasteiger partial charge on any atom is -0.496 e. The van der Waals surface area contributed by atoms with E-state index in [0.29, 0.717) is 0 Å². The Bertz CT molecular complexity index is 528. The largest absolute Gasteiger partial charge is 0.496 e. The average molecular weight is 270 g/mol. The minimum atomic E-state index is 0.271. The lowest BCUT2D eigenvalue weighted by Gasteiger charge is -2.24. The van der Waals surface area contributed by atoms with Gasteiger partial charge in [0.05, 0.1) is 7.11 Å². The zero-order valence-corrected chi connectivity index (χ0v) is 12.3. The van der Waals surface area contributed by atoms with E-state index in [1.165, 1.54) is 11.1 Å². The number of rotatable bonds is 6. The Morgan fingerprint density at radius 1 is 1.15 bits per heavy atom. The van der Waals surface area contributed by atoms with Crippen molar-refractivity contribution < 1.29 is 4.74 Å². The van der Waals surface area contributed by atoms with Crippen LogP contribution in [0.5, 0.6) is 5.75 Å². The summed E-state index contributed by atoms with van der Waals surface area (Å²) in [5.74, 6) is 0.939. The summed E-state index contributed by atoms with van der Waals surface area (Å²) in [5.41, 5.74) is 2.45. The number of benzene rings is 1. The third kappa shape index (κ3) is 3.36. The molecule has 0 spiro atoms. The van der Waals surface area contributed by atoms with Gasteiger partial charge in [0.1, 0.15) is 5.75 Å². The zero-order valence-electron chi connectivity index (χ0n) is 12.3. The second-order valence-electron chi connectivity index (χ2n) is 4.87. The number of para-hydroxylation sites is 1. The molecule has 0 bridgehead atoms. The van der Waals surface area contributed by atoms with E-state index >= 15 is 0 Å². The highest BCUT2D eigenvalue weighted by atomic mass is 16.5. The molecule has 1 heterocycles. The third-order valence-corrected chi connectivity index (χ3v) is 3.58. The molecule has 106 valence electrons. The van der Waals surface area contributed by atoms with E-state index in [1.54, 1.807) is 7.11 Å². The Kier molecular flexibility index (Phi) is 5.13. The van der Waals surface area contributed by atoms with Gasteiger partial charge in [0.2, 0.25) is 0 Å². The second-order valence-corrected chi connectivity index (χ2v) is 4.87. The van der Waals surface area contributed by atoms with Crippen molar-refractivity contribution in [2.24, 2.45) is 0 Å². The normalized spacial score (nSPS) is 13.8. The number of hydrogen-bond donors (Lipinski definition) is 1. The van der Waals surface area contributed by atoms with Gasteiger partial charge in [-0.1, -0.05) is 25.1 Å². The van der Waals surface area contributed by atoms with E-state index in [2.05, 4.69) is 36.3 Å². The van der Waals surface area contributed by atoms with Crippen LogP contribution in [0.4, 0.5) is 0 Å². The molecule has 1 aromatic heterocycles. The summed E-state index contributed by atoms with van der Waals surface area (Å²) in [6.07, 6.45) is 4.67. The predicted octanol–water partition coefficient (Wildman–Crippen LogP) is 3.89. The maximum atomic E-state index is 5.47. The minimum absolute atomic E-state index is 0.271. The van der Waals surface area contributed by atoms with Crippen molar-refractivity contribution >= 4 is 0 Å². The lowest BCUT2D eigenvalue weighted by molar-refractivity contribution is 0.388. The third-order valence-electron chi connectivity index (χ3n) is 3.58. The van der Waals surface area contributed by atoms with E-state index in [0.717, 1.165) is 12.2 Å². The van der Waals surface area contributed by atoms with Crippen LogP contribution in [0.25, 0.3) is 0 Å². The lowest BCUT2D eigenvalue weighted by atomic mass is 10.0. The summed E-state index contributed by atoms with van der Waals surface area (Å²) in [7, 11) is 1.72. The van der Waals surface area contributed by atoms with Crippen molar-refractivity contribution in [3.8, 4) is 5.75 Å². The lowest BCUT2D eigenvalue weighted by Crippen LogP contribution is -2.24. The molecule has 3 nitrogen and oxygen atoms in total. The molecule has 2 rings (SSSR count). The van der Waals surface area contributed by atoms with E-state index < -0.39 is 0 Å². The summed E-state index contributed by atoms with van der Waals surface area (Å²) in [6.45, 7) is 4.36. The molecule has 0 aliphatic carbocycles. The first-order valence-electron chi connectivity index (χ1n) is 7.05. The summed E-state index contributed by atoms with van der Waals surface area (Å²) in [4.78, 5) is 4.06. The topological polar surface area (TPSA) is 34.2 Å². The molecule has 0 amide bonds. The van der Waals surface area contributed by atoms with Crippen LogP contribution >= 0.6 is 0 Å². The van der Waals surface area contributed by atoms with Crippen LogP contribution in [0, 0.1) is 0 Å². The molecular weight excluding hydrogens is 248 g/mol. The molecule has 20 heavy (non-hydrogen) atoms. The van der Waals surface area contributed by atoms with Gasteiger partial charge in [-0.25, -0.2) is 0 Å². The smallest absolute Gasteiger partial charge is 0.123 e. The molecule has 0 aliphatic rings. The first-order valence-corrected chi connectivity index (χ1v) is 7.05. The van der Waals surface area contributed by atoms with Crippen LogP contribution in [0.15, 0.2) is 48.8 Å². The fraction of sp³-hybridized carbons (Fsp3) is 0.353. The summed E-state index contributed by atoms with van der Waals surface area (Å²) in [6, 6.07) is 12.8. The molecule has 1 aromatic carbocycles. The van der Waals surface area contributed by atoms with Crippen LogP contribution < -0.4 is 10.1 Å². The fourth-order valence-electron chi connectivity index (χ4n) is 2.43. The van der Waals surface area contributed by atoms with Crippen molar-refractivity contribution in [1.29, 1.82) is 0 Å². The monoisotopic (exact) mass is 270 g/mol. The van der Waals surface area contributed by atoms with E-state index in [1.807, 2.05) is 36.7 Å². The molecule has 2 aromatic rings. The molecule has 2 atom stereocenters. The standard InChI is InChI=1S/C17H22N2O/c1-4-16(15-7-5-6-8-17(15)20-3)19-13(2)14-9-11-18-12-10-14/h5-13,16,19H,4H2,1-3H3/t13-,16?/m0/s1. The Hall–Kier alpha value is -1.87. The van der Waals surface area contributed by atoms with Gasteiger partial charge < -0.3 is 10.1 Å². The van der Waals surface area contributed by atoms with E-state index in [-0.39, 0.29) is 12.1 Å². The number of methoxy groups -OCH3 is 1. The highest BCUT2D eigenvalue weighted by Gasteiger charge is 2.16. The predicted molar refractivity (Wildman–Crippen MR) is 81.8 cm³/mol. The molecule has 0 fully saturated rings. The van der Waals surface area contributed by atoms with Gasteiger partial charge in [-0.2, -0.15) is 0 Å². The van der Waals surface area contributed by atoms with E-state index in [4.69, 9.17) is 4.74 Å². The van der Waals surface area contributed by atoms with Gasteiger partial charge in [-0.15, -0.1) is 0 Å². The van der Waals surface area contributed by atoms with Gasteiger partial charge >= 0.3 is 0 Å². The molecule has 3 heteroatoms. The van der Waals surface area contributed by atoms with Crippen LogP contribution in [-0.4, -0.2) is 12.1 Å². The van der Waals surface area contributed by atoms with Crippen molar-refractivity contribution in [3.05, 3.63) is 59.9 Å². The number of hydrogen-bond acceptors (Lipinski definition) is 3.